The Morgan fingerprint density at radius 3 is 2.66 bits per heavy atom. The standard InChI is InChI=1S/C22H24O7/c1-22(2,24)28-7-6-16(23)14-8-15-11-18(29-21(15)20(10-14)25-3)13-4-5-17-19(9-13)27-12-26-17/h4-5,8-11,16,23-24H,6-7,12H2,1-3H3/t16-/m0/s1. The van der Waals surface area contributed by atoms with Gasteiger partial charge in [-0.3, -0.25) is 0 Å². The summed E-state index contributed by atoms with van der Waals surface area (Å²) in [5.74, 6) is 1.35. The summed E-state index contributed by atoms with van der Waals surface area (Å²) in [7, 11) is 1.56. The van der Waals surface area contributed by atoms with Gasteiger partial charge in [0.15, 0.2) is 28.6 Å². The summed E-state index contributed by atoms with van der Waals surface area (Å²) in [4.78, 5) is 0. The fourth-order valence-electron chi connectivity index (χ4n) is 3.27. The van der Waals surface area contributed by atoms with Gasteiger partial charge in [-0.2, -0.15) is 0 Å². The molecule has 1 atom stereocenters. The fraction of sp³-hybridized carbons (Fsp3) is 0.364. The van der Waals surface area contributed by atoms with Crippen LogP contribution < -0.4 is 14.2 Å². The first-order valence-electron chi connectivity index (χ1n) is 9.40. The number of hydrogen-bond acceptors (Lipinski definition) is 7. The average molecular weight is 400 g/mol. The molecule has 2 N–H and O–H groups in total. The number of furan rings is 1. The first-order valence-corrected chi connectivity index (χ1v) is 9.40. The Kier molecular flexibility index (Phi) is 5.12. The van der Waals surface area contributed by atoms with Gasteiger partial charge in [0, 0.05) is 17.4 Å². The molecule has 0 fully saturated rings. The van der Waals surface area contributed by atoms with Crippen LogP contribution in [-0.4, -0.2) is 36.5 Å². The first kappa shape index (κ1) is 19.6. The summed E-state index contributed by atoms with van der Waals surface area (Å²) in [5.41, 5.74) is 2.14. The van der Waals surface area contributed by atoms with Crippen molar-refractivity contribution < 1.29 is 33.6 Å². The molecule has 0 radical (unpaired) electrons. The Morgan fingerprint density at radius 2 is 1.90 bits per heavy atom. The van der Waals surface area contributed by atoms with Crippen molar-refractivity contribution in [1.29, 1.82) is 0 Å². The fourth-order valence-corrected chi connectivity index (χ4v) is 3.27. The lowest BCUT2D eigenvalue weighted by atomic mass is 10.0. The molecule has 3 aromatic rings. The normalized spacial score (nSPS) is 14.4. The molecule has 0 unspecified atom stereocenters. The molecule has 0 aliphatic carbocycles. The predicted molar refractivity (Wildman–Crippen MR) is 106 cm³/mol. The minimum Gasteiger partial charge on any atom is -0.493 e. The van der Waals surface area contributed by atoms with Crippen molar-refractivity contribution in [2.75, 3.05) is 20.5 Å². The molecule has 0 bridgehead atoms. The smallest absolute Gasteiger partial charge is 0.231 e. The van der Waals surface area contributed by atoms with Crippen molar-refractivity contribution >= 4 is 11.0 Å². The second kappa shape index (κ2) is 7.59. The molecule has 0 saturated heterocycles. The minimum absolute atomic E-state index is 0.213. The quantitative estimate of drug-likeness (QED) is 0.579. The van der Waals surface area contributed by atoms with Crippen LogP contribution in [0.25, 0.3) is 22.3 Å². The number of aliphatic hydroxyl groups excluding tert-OH is 1. The van der Waals surface area contributed by atoms with E-state index < -0.39 is 11.9 Å². The summed E-state index contributed by atoms with van der Waals surface area (Å²) in [6.45, 7) is 3.54. The van der Waals surface area contributed by atoms with E-state index in [0.717, 1.165) is 10.9 Å². The molecule has 1 aliphatic heterocycles. The summed E-state index contributed by atoms with van der Waals surface area (Å²) in [6.07, 6.45) is -0.426. The van der Waals surface area contributed by atoms with E-state index in [4.69, 9.17) is 23.4 Å². The molecule has 4 rings (SSSR count). The second-order valence-electron chi connectivity index (χ2n) is 7.42. The van der Waals surface area contributed by atoms with Gasteiger partial charge in [-0.25, -0.2) is 0 Å². The van der Waals surface area contributed by atoms with Gasteiger partial charge in [-0.15, -0.1) is 0 Å². The van der Waals surface area contributed by atoms with Gasteiger partial charge in [-0.1, -0.05) is 0 Å². The van der Waals surface area contributed by atoms with E-state index >= 15 is 0 Å². The Labute approximate surface area is 168 Å². The monoisotopic (exact) mass is 400 g/mol. The lowest BCUT2D eigenvalue weighted by Crippen LogP contribution is -2.24. The van der Waals surface area contributed by atoms with E-state index in [1.165, 1.54) is 0 Å². The van der Waals surface area contributed by atoms with E-state index in [2.05, 4.69) is 0 Å². The number of rotatable bonds is 7. The highest BCUT2D eigenvalue weighted by Gasteiger charge is 2.19. The van der Waals surface area contributed by atoms with Crippen LogP contribution in [0.3, 0.4) is 0 Å². The maximum atomic E-state index is 10.5. The van der Waals surface area contributed by atoms with E-state index in [-0.39, 0.29) is 13.4 Å². The van der Waals surface area contributed by atoms with Crippen LogP contribution in [0.1, 0.15) is 31.9 Å². The predicted octanol–water partition coefficient (Wildman–Crippen LogP) is 4.01. The summed E-state index contributed by atoms with van der Waals surface area (Å²) < 4.78 is 27.6. The van der Waals surface area contributed by atoms with Gasteiger partial charge in [0.1, 0.15) is 5.76 Å². The van der Waals surface area contributed by atoms with E-state index in [1.807, 2.05) is 30.3 Å². The highest BCUT2D eigenvalue weighted by atomic mass is 16.7. The van der Waals surface area contributed by atoms with E-state index in [1.54, 1.807) is 27.0 Å². The minimum atomic E-state index is -1.23. The average Bonchev–Trinajstić information content (AvgIpc) is 3.31. The Balaban J connectivity index is 1.62. The molecule has 2 aromatic carbocycles. The van der Waals surface area contributed by atoms with Crippen LogP contribution >= 0.6 is 0 Å². The molecule has 7 heteroatoms. The number of fused-ring (bicyclic) bond motifs is 2. The third-order valence-corrected chi connectivity index (χ3v) is 4.71. The zero-order chi connectivity index (χ0) is 20.6. The van der Waals surface area contributed by atoms with Crippen LogP contribution in [0.2, 0.25) is 0 Å². The summed E-state index contributed by atoms with van der Waals surface area (Å²) in [6, 6.07) is 11.1. The molecule has 1 aliphatic rings. The van der Waals surface area contributed by atoms with Gasteiger partial charge in [0.05, 0.1) is 19.8 Å². The molecule has 0 saturated carbocycles. The van der Waals surface area contributed by atoms with Gasteiger partial charge < -0.3 is 33.6 Å². The van der Waals surface area contributed by atoms with Crippen LogP contribution in [0.4, 0.5) is 0 Å². The molecule has 7 nitrogen and oxygen atoms in total. The number of methoxy groups -OCH3 is 1. The number of benzene rings is 2. The largest absolute Gasteiger partial charge is 0.493 e. The Morgan fingerprint density at radius 1 is 1.10 bits per heavy atom. The summed E-state index contributed by atoms with van der Waals surface area (Å²) in [5, 5.41) is 21.0. The van der Waals surface area contributed by atoms with Crippen molar-refractivity contribution in [3.05, 3.63) is 42.0 Å². The molecule has 0 spiro atoms. The Bertz CT molecular complexity index is 1020. The highest BCUT2D eigenvalue weighted by molar-refractivity contribution is 5.88. The van der Waals surface area contributed by atoms with Crippen molar-refractivity contribution in [2.24, 2.45) is 0 Å². The number of hydrogen-bond donors (Lipinski definition) is 2. The van der Waals surface area contributed by atoms with Crippen molar-refractivity contribution in [2.45, 2.75) is 32.2 Å². The Hall–Kier alpha value is -2.74. The van der Waals surface area contributed by atoms with Crippen LogP contribution in [0.15, 0.2) is 40.8 Å². The molecule has 1 aromatic heterocycles. The molecule has 2 heterocycles. The number of ether oxygens (including phenoxy) is 4. The van der Waals surface area contributed by atoms with Crippen LogP contribution in [-0.2, 0) is 4.74 Å². The van der Waals surface area contributed by atoms with Gasteiger partial charge in [0.2, 0.25) is 6.79 Å². The maximum Gasteiger partial charge on any atom is 0.231 e. The molecular weight excluding hydrogens is 376 g/mol. The van der Waals surface area contributed by atoms with E-state index in [0.29, 0.717) is 40.6 Å². The van der Waals surface area contributed by atoms with Gasteiger partial charge in [-0.05, 0) is 55.8 Å². The topological polar surface area (TPSA) is 90.5 Å². The van der Waals surface area contributed by atoms with Crippen LogP contribution in [0.5, 0.6) is 17.2 Å². The summed E-state index contributed by atoms with van der Waals surface area (Å²) >= 11 is 0. The van der Waals surface area contributed by atoms with Crippen molar-refractivity contribution in [3.8, 4) is 28.6 Å². The van der Waals surface area contributed by atoms with Crippen LogP contribution in [0, 0.1) is 0 Å². The molecular formula is C22H24O7. The second-order valence-corrected chi connectivity index (χ2v) is 7.42. The lowest BCUT2D eigenvalue weighted by molar-refractivity contribution is -0.179. The first-order chi connectivity index (χ1) is 13.8. The molecule has 0 amide bonds. The lowest BCUT2D eigenvalue weighted by Gasteiger charge is -2.19. The zero-order valence-electron chi connectivity index (χ0n) is 16.6. The van der Waals surface area contributed by atoms with Gasteiger partial charge >= 0.3 is 0 Å². The highest BCUT2D eigenvalue weighted by Crippen LogP contribution is 2.40. The maximum absolute atomic E-state index is 10.5. The van der Waals surface area contributed by atoms with Crippen molar-refractivity contribution in [3.63, 3.8) is 0 Å². The third-order valence-electron chi connectivity index (χ3n) is 4.71. The molecule has 29 heavy (non-hydrogen) atoms. The van der Waals surface area contributed by atoms with E-state index in [9.17, 15) is 10.2 Å². The molecule has 154 valence electrons. The van der Waals surface area contributed by atoms with Gasteiger partial charge in [0.25, 0.3) is 0 Å². The number of aliphatic hydroxyl groups is 2. The zero-order valence-corrected chi connectivity index (χ0v) is 16.6. The SMILES string of the molecule is COc1cc([C@@H](O)CCOC(C)(C)O)cc2cc(-c3ccc4c(c3)OCO4)oc12. The third kappa shape index (κ3) is 4.17. The van der Waals surface area contributed by atoms with Crippen molar-refractivity contribution in [1.82, 2.24) is 0 Å².